The van der Waals surface area contributed by atoms with Crippen LogP contribution in [0.2, 0.25) is 0 Å². The highest BCUT2D eigenvalue weighted by Gasteiger charge is 2.29. The molecule has 112 valence electrons. The third-order valence-electron chi connectivity index (χ3n) is 5.19. The van der Waals surface area contributed by atoms with E-state index in [1.165, 1.54) is 58.2 Å². The van der Waals surface area contributed by atoms with Gasteiger partial charge < -0.3 is 15.1 Å². The van der Waals surface area contributed by atoms with E-state index in [-0.39, 0.29) is 0 Å². The maximum absolute atomic E-state index is 3.79. The quantitative estimate of drug-likeness (QED) is 0.824. The molecule has 1 heterocycles. The lowest BCUT2D eigenvalue weighted by atomic mass is 9.81. The van der Waals surface area contributed by atoms with Crippen molar-refractivity contribution in [1.82, 2.24) is 15.1 Å². The Labute approximate surface area is 119 Å². The van der Waals surface area contributed by atoms with Gasteiger partial charge in [-0.05, 0) is 45.8 Å². The Morgan fingerprint density at radius 3 is 2.53 bits per heavy atom. The molecule has 0 amide bonds. The van der Waals surface area contributed by atoms with Crippen LogP contribution in [0.25, 0.3) is 0 Å². The van der Waals surface area contributed by atoms with E-state index in [2.05, 4.69) is 36.1 Å². The van der Waals surface area contributed by atoms with Gasteiger partial charge in [-0.2, -0.15) is 0 Å². The summed E-state index contributed by atoms with van der Waals surface area (Å²) in [6.07, 6.45) is 8.59. The summed E-state index contributed by atoms with van der Waals surface area (Å²) in [6, 6.07) is 1.48. The van der Waals surface area contributed by atoms with E-state index >= 15 is 0 Å². The Bertz CT molecular complexity index is 250. The van der Waals surface area contributed by atoms with Crippen molar-refractivity contribution in [2.45, 2.75) is 57.5 Å². The summed E-state index contributed by atoms with van der Waals surface area (Å²) in [5.41, 5.74) is 0. The van der Waals surface area contributed by atoms with Crippen molar-refractivity contribution in [3.8, 4) is 0 Å². The molecule has 1 saturated carbocycles. The van der Waals surface area contributed by atoms with E-state index in [4.69, 9.17) is 0 Å². The number of hydrogen-bond acceptors (Lipinski definition) is 3. The number of likely N-dealkylation sites (N-methyl/N-ethyl adjacent to an activating group) is 2. The highest BCUT2D eigenvalue weighted by molar-refractivity contribution is 4.87. The summed E-state index contributed by atoms with van der Waals surface area (Å²) >= 11 is 0. The van der Waals surface area contributed by atoms with E-state index in [0.29, 0.717) is 0 Å². The van der Waals surface area contributed by atoms with Crippen LogP contribution in [0.4, 0.5) is 0 Å². The second kappa shape index (κ2) is 7.61. The van der Waals surface area contributed by atoms with Crippen LogP contribution >= 0.6 is 0 Å². The van der Waals surface area contributed by atoms with Gasteiger partial charge in [0.25, 0.3) is 0 Å². The number of piperazine rings is 1. The maximum atomic E-state index is 3.79. The summed E-state index contributed by atoms with van der Waals surface area (Å²) in [5.74, 6) is 0.925. The minimum Gasteiger partial charge on any atom is -0.314 e. The minimum absolute atomic E-state index is 0.740. The van der Waals surface area contributed by atoms with Gasteiger partial charge in [0.15, 0.2) is 0 Å². The second-order valence-electron chi connectivity index (χ2n) is 6.69. The van der Waals surface area contributed by atoms with E-state index in [1.54, 1.807) is 0 Å². The van der Waals surface area contributed by atoms with Crippen LogP contribution in [0, 0.1) is 5.92 Å². The summed E-state index contributed by atoms with van der Waals surface area (Å²) < 4.78 is 0. The summed E-state index contributed by atoms with van der Waals surface area (Å²) in [5, 5.41) is 3.79. The fraction of sp³-hybridized carbons (Fsp3) is 1.00. The van der Waals surface area contributed by atoms with Crippen LogP contribution in [0.1, 0.15) is 45.4 Å². The van der Waals surface area contributed by atoms with Crippen molar-refractivity contribution in [1.29, 1.82) is 0 Å². The van der Waals surface area contributed by atoms with Gasteiger partial charge in [-0.1, -0.05) is 26.2 Å². The van der Waals surface area contributed by atoms with Crippen molar-refractivity contribution in [2.24, 2.45) is 5.92 Å². The molecule has 1 aliphatic heterocycles. The van der Waals surface area contributed by atoms with E-state index in [1.807, 2.05) is 0 Å². The maximum Gasteiger partial charge on any atom is 0.0235 e. The number of nitrogens with one attached hydrogen (secondary N) is 1. The number of rotatable bonds is 5. The van der Waals surface area contributed by atoms with E-state index < -0.39 is 0 Å². The zero-order chi connectivity index (χ0) is 13.7. The molecule has 3 nitrogen and oxygen atoms in total. The SMILES string of the molecule is CCNC(CC1CN(C)CCN1C)C1CCCCC1. The molecular formula is C16H33N3. The lowest BCUT2D eigenvalue weighted by Crippen LogP contribution is -2.53. The van der Waals surface area contributed by atoms with Crippen LogP contribution in [-0.2, 0) is 0 Å². The molecule has 0 aromatic heterocycles. The molecule has 19 heavy (non-hydrogen) atoms. The van der Waals surface area contributed by atoms with Crippen LogP contribution in [-0.4, -0.2) is 62.2 Å². The number of hydrogen-bond donors (Lipinski definition) is 1. The molecule has 2 rings (SSSR count). The third-order valence-corrected chi connectivity index (χ3v) is 5.19. The van der Waals surface area contributed by atoms with Gasteiger partial charge in [0.1, 0.15) is 0 Å². The van der Waals surface area contributed by atoms with Crippen molar-refractivity contribution >= 4 is 0 Å². The molecular weight excluding hydrogens is 234 g/mol. The molecule has 2 unspecified atom stereocenters. The normalized spacial score (nSPS) is 29.5. The lowest BCUT2D eigenvalue weighted by Gasteiger charge is -2.41. The standard InChI is InChI=1S/C16H33N3/c1-4-17-16(14-8-6-5-7-9-14)12-15-13-18(2)10-11-19(15)3/h14-17H,4-13H2,1-3H3. The first-order valence-electron chi connectivity index (χ1n) is 8.33. The monoisotopic (exact) mass is 267 g/mol. The summed E-state index contributed by atoms with van der Waals surface area (Å²) in [6.45, 7) is 7.07. The van der Waals surface area contributed by atoms with Gasteiger partial charge >= 0.3 is 0 Å². The predicted molar refractivity (Wildman–Crippen MR) is 82.6 cm³/mol. The topological polar surface area (TPSA) is 18.5 Å². The van der Waals surface area contributed by atoms with E-state index in [9.17, 15) is 0 Å². The zero-order valence-electron chi connectivity index (χ0n) is 13.2. The van der Waals surface area contributed by atoms with Crippen molar-refractivity contribution in [2.75, 3.05) is 40.3 Å². The van der Waals surface area contributed by atoms with Gasteiger partial charge in [-0.15, -0.1) is 0 Å². The highest BCUT2D eigenvalue weighted by Crippen LogP contribution is 2.29. The smallest absolute Gasteiger partial charge is 0.0235 e. The van der Waals surface area contributed by atoms with E-state index in [0.717, 1.165) is 24.5 Å². The van der Waals surface area contributed by atoms with Gasteiger partial charge in [0, 0.05) is 31.7 Å². The summed E-state index contributed by atoms with van der Waals surface area (Å²) in [4.78, 5) is 5.07. The Kier molecular flexibility index (Phi) is 6.11. The van der Waals surface area contributed by atoms with Crippen LogP contribution in [0.3, 0.4) is 0 Å². The molecule has 0 aromatic carbocycles. The Morgan fingerprint density at radius 1 is 1.11 bits per heavy atom. The predicted octanol–water partition coefficient (Wildman–Crippen LogP) is 2.18. The molecule has 2 atom stereocenters. The van der Waals surface area contributed by atoms with Gasteiger partial charge in [-0.3, -0.25) is 0 Å². The first-order valence-corrected chi connectivity index (χ1v) is 8.33. The second-order valence-corrected chi connectivity index (χ2v) is 6.69. The van der Waals surface area contributed by atoms with Gasteiger partial charge in [0.2, 0.25) is 0 Å². The molecule has 0 aromatic rings. The zero-order valence-corrected chi connectivity index (χ0v) is 13.2. The van der Waals surface area contributed by atoms with Crippen LogP contribution in [0.15, 0.2) is 0 Å². The van der Waals surface area contributed by atoms with Crippen molar-refractivity contribution in [3.63, 3.8) is 0 Å². The van der Waals surface area contributed by atoms with Gasteiger partial charge in [0.05, 0.1) is 0 Å². The number of nitrogens with zero attached hydrogens (tertiary/aromatic N) is 2. The van der Waals surface area contributed by atoms with Gasteiger partial charge in [-0.25, -0.2) is 0 Å². The molecule has 0 radical (unpaired) electrons. The largest absolute Gasteiger partial charge is 0.314 e. The Morgan fingerprint density at radius 2 is 1.84 bits per heavy atom. The third kappa shape index (κ3) is 4.44. The molecule has 3 heteroatoms. The molecule has 2 fully saturated rings. The van der Waals surface area contributed by atoms with Crippen molar-refractivity contribution in [3.05, 3.63) is 0 Å². The fourth-order valence-corrected chi connectivity index (χ4v) is 3.89. The summed E-state index contributed by atoms with van der Waals surface area (Å²) in [7, 11) is 4.57. The highest BCUT2D eigenvalue weighted by atomic mass is 15.3. The minimum atomic E-state index is 0.740. The Hall–Kier alpha value is -0.120. The van der Waals surface area contributed by atoms with Crippen molar-refractivity contribution < 1.29 is 0 Å². The van der Waals surface area contributed by atoms with Crippen LogP contribution in [0.5, 0.6) is 0 Å². The molecule has 0 spiro atoms. The molecule has 1 N–H and O–H groups in total. The average Bonchev–Trinajstić information content (AvgIpc) is 2.43. The first-order chi connectivity index (χ1) is 9.20. The van der Waals surface area contributed by atoms with Crippen LogP contribution < -0.4 is 5.32 Å². The first kappa shape index (κ1) is 15.3. The average molecular weight is 267 g/mol. The molecule has 2 aliphatic rings. The molecule has 0 bridgehead atoms. The fourth-order valence-electron chi connectivity index (χ4n) is 3.89. The lowest BCUT2D eigenvalue weighted by molar-refractivity contribution is 0.0909. The Balaban J connectivity index is 1.90. The molecule has 1 saturated heterocycles. The molecule has 1 aliphatic carbocycles.